The molecule has 3 rings (SSSR count). The fourth-order valence-corrected chi connectivity index (χ4v) is 2.96. The first kappa shape index (κ1) is 14.6. The Hall–Kier alpha value is -2.36. The van der Waals surface area contributed by atoms with Crippen molar-refractivity contribution in [1.29, 1.82) is 0 Å². The van der Waals surface area contributed by atoms with Crippen LogP contribution in [0, 0.1) is 5.92 Å². The largest absolute Gasteiger partial charge is 0.467 e. The van der Waals surface area contributed by atoms with E-state index in [4.69, 9.17) is 0 Å². The Morgan fingerprint density at radius 2 is 1.91 bits per heavy atom. The molecule has 114 valence electrons. The van der Waals surface area contributed by atoms with Crippen LogP contribution in [-0.2, 0) is 14.3 Å². The Morgan fingerprint density at radius 3 is 2.68 bits per heavy atom. The lowest BCUT2D eigenvalue weighted by Gasteiger charge is -2.11. The highest BCUT2D eigenvalue weighted by Crippen LogP contribution is 2.49. The second kappa shape index (κ2) is 5.79. The molecule has 1 aliphatic rings. The third-order valence-corrected chi connectivity index (χ3v) is 4.26. The minimum atomic E-state index is -0.605. The summed E-state index contributed by atoms with van der Waals surface area (Å²) in [4.78, 5) is 23.6. The van der Waals surface area contributed by atoms with Crippen molar-refractivity contribution in [3.8, 4) is 0 Å². The number of carbonyl (C=O) groups is 2. The molecule has 1 fully saturated rings. The van der Waals surface area contributed by atoms with E-state index >= 15 is 0 Å². The topological polar surface area (TPSA) is 55.4 Å². The van der Waals surface area contributed by atoms with E-state index in [1.165, 1.54) is 23.4 Å². The Morgan fingerprint density at radius 1 is 1.18 bits per heavy atom. The van der Waals surface area contributed by atoms with Gasteiger partial charge in [-0.3, -0.25) is 4.79 Å². The van der Waals surface area contributed by atoms with Crippen molar-refractivity contribution in [3.05, 3.63) is 48.0 Å². The molecular formula is C18H19NO3. The zero-order valence-electron chi connectivity index (χ0n) is 12.7. The van der Waals surface area contributed by atoms with Crippen LogP contribution in [0.2, 0.25) is 0 Å². The van der Waals surface area contributed by atoms with Crippen LogP contribution in [0.3, 0.4) is 0 Å². The van der Waals surface area contributed by atoms with Gasteiger partial charge in [-0.15, -0.1) is 0 Å². The fraction of sp³-hybridized carbons (Fsp3) is 0.333. The van der Waals surface area contributed by atoms with Crippen LogP contribution in [-0.4, -0.2) is 25.0 Å². The second-order valence-electron chi connectivity index (χ2n) is 5.77. The van der Waals surface area contributed by atoms with Crippen molar-refractivity contribution < 1.29 is 14.3 Å². The minimum Gasteiger partial charge on any atom is -0.467 e. The Kier molecular flexibility index (Phi) is 3.84. The summed E-state index contributed by atoms with van der Waals surface area (Å²) in [6.45, 7) is 1.64. The van der Waals surface area contributed by atoms with Gasteiger partial charge < -0.3 is 10.1 Å². The highest BCUT2D eigenvalue weighted by molar-refractivity contribution is 5.91. The average molecular weight is 297 g/mol. The van der Waals surface area contributed by atoms with E-state index in [0.29, 0.717) is 0 Å². The van der Waals surface area contributed by atoms with Crippen LogP contribution < -0.4 is 5.32 Å². The summed E-state index contributed by atoms with van der Waals surface area (Å²) in [7, 11) is 1.32. The average Bonchev–Trinajstić information content (AvgIpc) is 3.34. The van der Waals surface area contributed by atoms with Gasteiger partial charge in [-0.05, 0) is 35.6 Å². The molecule has 22 heavy (non-hydrogen) atoms. The number of amides is 1. The van der Waals surface area contributed by atoms with Gasteiger partial charge in [0.05, 0.1) is 7.11 Å². The molecule has 3 atom stereocenters. The van der Waals surface area contributed by atoms with Gasteiger partial charge in [-0.25, -0.2) is 4.79 Å². The number of methoxy groups -OCH3 is 1. The summed E-state index contributed by atoms with van der Waals surface area (Å²) in [6, 6.07) is 13.8. The van der Waals surface area contributed by atoms with Gasteiger partial charge in [0, 0.05) is 5.92 Å². The SMILES string of the molecule is COC(=O)[C@H](C)NC(=O)[C@H]1C[C@H]1c1cccc2ccccc12. The molecule has 1 saturated carbocycles. The molecule has 0 radical (unpaired) electrons. The molecule has 0 aromatic heterocycles. The zero-order valence-corrected chi connectivity index (χ0v) is 12.7. The molecule has 0 aliphatic heterocycles. The predicted molar refractivity (Wildman–Crippen MR) is 84.4 cm³/mol. The first-order valence-electron chi connectivity index (χ1n) is 7.47. The quantitative estimate of drug-likeness (QED) is 0.883. The van der Waals surface area contributed by atoms with Crippen molar-refractivity contribution >= 4 is 22.6 Å². The highest BCUT2D eigenvalue weighted by atomic mass is 16.5. The molecule has 4 nitrogen and oxygen atoms in total. The fourth-order valence-electron chi connectivity index (χ4n) is 2.96. The number of carbonyl (C=O) groups excluding carboxylic acids is 2. The summed E-state index contributed by atoms with van der Waals surface area (Å²) in [5.41, 5.74) is 1.21. The van der Waals surface area contributed by atoms with E-state index in [9.17, 15) is 9.59 Å². The van der Waals surface area contributed by atoms with Crippen molar-refractivity contribution in [2.75, 3.05) is 7.11 Å². The molecule has 0 bridgehead atoms. The normalized spacial score (nSPS) is 21.2. The van der Waals surface area contributed by atoms with E-state index < -0.39 is 12.0 Å². The van der Waals surface area contributed by atoms with Crippen LogP contribution in [0.25, 0.3) is 10.8 Å². The maximum absolute atomic E-state index is 12.2. The highest BCUT2D eigenvalue weighted by Gasteiger charge is 2.45. The molecule has 2 aromatic rings. The van der Waals surface area contributed by atoms with Crippen molar-refractivity contribution in [2.45, 2.75) is 25.3 Å². The lowest BCUT2D eigenvalue weighted by molar-refractivity contribution is -0.144. The standard InChI is InChI=1S/C18H19NO3/c1-11(18(21)22-2)19-17(20)16-10-15(16)14-9-5-7-12-6-3-4-8-13(12)14/h3-9,11,15-16H,10H2,1-2H3,(H,19,20)/t11-,15-,16-/m0/s1. The molecular weight excluding hydrogens is 278 g/mol. The van der Waals surface area contributed by atoms with Gasteiger partial charge >= 0.3 is 5.97 Å². The molecule has 2 aromatic carbocycles. The van der Waals surface area contributed by atoms with Crippen LogP contribution >= 0.6 is 0 Å². The van der Waals surface area contributed by atoms with E-state index in [1.807, 2.05) is 18.2 Å². The van der Waals surface area contributed by atoms with E-state index in [2.05, 4.69) is 34.3 Å². The molecule has 0 spiro atoms. The number of hydrogen-bond acceptors (Lipinski definition) is 3. The number of esters is 1. The molecule has 1 N–H and O–H groups in total. The summed E-state index contributed by atoms with van der Waals surface area (Å²) in [5.74, 6) is -0.319. The number of rotatable bonds is 4. The van der Waals surface area contributed by atoms with Gasteiger partial charge in [0.25, 0.3) is 0 Å². The third kappa shape index (κ3) is 2.69. The van der Waals surface area contributed by atoms with E-state index in [0.717, 1.165) is 6.42 Å². The first-order chi connectivity index (χ1) is 10.6. The van der Waals surface area contributed by atoms with Crippen LogP contribution in [0.4, 0.5) is 0 Å². The molecule has 0 saturated heterocycles. The third-order valence-electron chi connectivity index (χ3n) is 4.26. The van der Waals surface area contributed by atoms with Crippen molar-refractivity contribution in [3.63, 3.8) is 0 Å². The van der Waals surface area contributed by atoms with Gasteiger partial charge in [0.1, 0.15) is 6.04 Å². The molecule has 0 unspecified atom stereocenters. The maximum atomic E-state index is 12.2. The van der Waals surface area contributed by atoms with Gasteiger partial charge in [0.15, 0.2) is 0 Å². The Labute approximate surface area is 129 Å². The summed E-state index contributed by atoms with van der Waals surface area (Å²) >= 11 is 0. The smallest absolute Gasteiger partial charge is 0.328 e. The van der Waals surface area contributed by atoms with Crippen molar-refractivity contribution in [2.24, 2.45) is 5.92 Å². The van der Waals surface area contributed by atoms with Gasteiger partial charge in [-0.2, -0.15) is 0 Å². The molecule has 1 aliphatic carbocycles. The number of benzene rings is 2. The number of ether oxygens (including phenoxy) is 1. The van der Waals surface area contributed by atoms with Crippen molar-refractivity contribution in [1.82, 2.24) is 5.32 Å². The summed E-state index contributed by atoms with van der Waals surface area (Å²) < 4.78 is 4.63. The first-order valence-corrected chi connectivity index (χ1v) is 7.47. The van der Waals surface area contributed by atoms with Gasteiger partial charge in [-0.1, -0.05) is 42.5 Å². The minimum absolute atomic E-state index is 0.0575. The summed E-state index contributed by atoms with van der Waals surface area (Å²) in [6.07, 6.45) is 0.827. The van der Waals surface area contributed by atoms with E-state index in [1.54, 1.807) is 6.92 Å². The summed E-state index contributed by atoms with van der Waals surface area (Å²) in [5, 5.41) is 5.12. The molecule has 4 heteroatoms. The molecule has 1 amide bonds. The number of fused-ring (bicyclic) bond motifs is 1. The lowest BCUT2D eigenvalue weighted by atomic mass is 10.00. The van der Waals surface area contributed by atoms with Crippen LogP contribution in [0.1, 0.15) is 24.8 Å². The second-order valence-corrected chi connectivity index (χ2v) is 5.77. The van der Waals surface area contributed by atoms with Crippen LogP contribution in [0.15, 0.2) is 42.5 Å². The van der Waals surface area contributed by atoms with Gasteiger partial charge in [0.2, 0.25) is 5.91 Å². The zero-order chi connectivity index (χ0) is 15.7. The monoisotopic (exact) mass is 297 g/mol. The Bertz CT molecular complexity index is 720. The number of hydrogen-bond donors (Lipinski definition) is 1. The molecule has 0 heterocycles. The van der Waals surface area contributed by atoms with E-state index in [-0.39, 0.29) is 17.7 Å². The lowest BCUT2D eigenvalue weighted by Crippen LogP contribution is -2.40. The van der Waals surface area contributed by atoms with Crippen LogP contribution in [0.5, 0.6) is 0 Å². The Balaban J connectivity index is 1.73. The maximum Gasteiger partial charge on any atom is 0.328 e. The predicted octanol–water partition coefficient (Wildman–Crippen LogP) is 2.62. The number of nitrogens with one attached hydrogen (secondary N) is 1.